The van der Waals surface area contributed by atoms with Gasteiger partial charge < -0.3 is 15.5 Å². The Morgan fingerprint density at radius 1 is 1.22 bits per heavy atom. The van der Waals surface area contributed by atoms with Gasteiger partial charge in [-0.25, -0.2) is 9.97 Å². The summed E-state index contributed by atoms with van der Waals surface area (Å²) in [4.78, 5) is 10.7. The average Bonchev–Trinajstić information content (AvgIpc) is 2.27. The molecule has 0 spiro atoms. The molecular weight excluding hydrogens is 226 g/mol. The first-order valence-electron chi connectivity index (χ1n) is 6.34. The van der Waals surface area contributed by atoms with E-state index in [2.05, 4.69) is 53.3 Å². The third-order valence-electron chi connectivity index (χ3n) is 2.44. The van der Waals surface area contributed by atoms with E-state index in [0.29, 0.717) is 0 Å². The van der Waals surface area contributed by atoms with Crippen molar-refractivity contribution in [2.45, 2.75) is 20.8 Å². The fraction of sp³-hybridized carbons (Fsp3) is 0.692. The number of hydrogen-bond donors (Lipinski definition) is 2. The van der Waals surface area contributed by atoms with Crippen LogP contribution in [0.1, 0.15) is 20.8 Å². The predicted octanol–water partition coefficient (Wildman–Crippen LogP) is 1.59. The van der Waals surface area contributed by atoms with Gasteiger partial charge in [-0.3, -0.25) is 0 Å². The van der Waals surface area contributed by atoms with Crippen molar-refractivity contribution >= 4 is 11.6 Å². The molecule has 0 aliphatic carbocycles. The Morgan fingerprint density at radius 3 is 2.56 bits per heavy atom. The molecule has 0 saturated carbocycles. The minimum Gasteiger partial charge on any atom is -0.369 e. The van der Waals surface area contributed by atoms with Gasteiger partial charge >= 0.3 is 0 Å². The van der Waals surface area contributed by atoms with Crippen LogP contribution in [0.3, 0.4) is 0 Å². The van der Waals surface area contributed by atoms with Crippen molar-refractivity contribution < 1.29 is 0 Å². The van der Waals surface area contributed by atoms with Gasteiger partial charge in [-0.1, -0.05) is 20.8 Å². The zero-order valence-corrected chi connectivity index (χ0v) is 12.1. The third kappa shape index (κ3) is 5.31. The lowest BCUT2D eigenvalue weighted by atomic mass is 9.96. The summed E-state index contributed by atoms with van der Waals surface area (Å²) in [7, 11) is 4.00. The minimum atomic E-state index is 0.249. The van der Waals surface area contributed by atoms with Gasteiger partial charge in [0.15, 0.2) is 0 Å². The van der Waals surface area contributed by atoms with Gasteiger partial charge in [0.05, 0.1) is 0 Å². The molecule has 0 saturated heterocycles. The molecule has 0 aliphatic rings. The van der Waals surface area contributed by atoms with Crippen LogP contribution in [0.25, 0.3) is 0 Å². The largest absolute Gasteiger partial charge is 0.369 e. The molecule has 0 atom stereocenters. The van der Waals surface area contributed by atoms with Gasteiger partial charge in [-0.2, -0.15) is 0 Å². The number of nitrogens with zero attached hydrogens (tertiary/aromatic N) is 3. The maximum atomic E-state index is 4.31. The van der Waals surface area contributed by atoms with Crippen molar-refractivity contribution in [3.05, 3.63) is 12.4 Å². The van der Waals surface area contributed by atoms with Gasteiger partial charge in [-0.05, 0) is 12.5 Å². The maximum absolute atomic E-state index is 4.31. The van der Waals surface area contributed by atoms with E-state index >= 15 is 0 Å². The van der Waals surface area contributed by atoms with Crippen LogP contribution >= 0.6 is 0 Å². The Kier molecular flexibility index (Phi) is 5.34. The molecule has 0 amide bonds. The van der Waals surface area contributed by atoms with Crippen LogP contribution < -0.4 is 15.5 Å². The maximum Gasteiger partial charge on any atom is 0.133 e. The Hall–Kier alpha value is -1.36. The van der Waals surface area contributed by atoms with Crippen molar-refractivity contribution in [2.24, 2.45) is 5.41 Å². The molecule has 1 heterocycles. The fourth-order valence-corrected chi connectivity index (χ4v) is 1.76. The lowest BCUT2D eigenvalue weighted by Gasteiger charge is -2.27. The molecule has 0 radical (unpaired) electrons. The lowest BCUT2D eigenvalue weighted by molar-refractivity contribution is 0.418. The number of rotatable bonds is 6. The van der Waals surface area contributed by atoms with Gasteiger partial charge in [0.2, 0.25) is 0 Å². The molecule has 1 aromatic heterocycles. The molecular formula is C13H25N5. The van der Waals surface area contributed by atoms with Gasteiger partial charge in [0.25, 0.3) is 0 Å². The second-order valence-corrected chi connectivity index (χ2v) is 5.71. The Bertz CT molecular complexity index is 359. The number of nitrogens with one attached hydrogen (secondary N) is 2. The smallest absolute Gasteiger partial charge is 0.133 e. The zero-order chi connectivity index (χ0) is 13.6. The zero-order valence-electron chi connectivity index (χ0n) is 12.1. The van der Waals surface area contributed by atoms with Gasteiger partial charge in [-0.15, -0.1) is 0 Å². The van der Waals surface area contributed by atoms with E-state index in [-0.39, 0.29) is 5.41 Å². The highest BCUT2D eigenvalue weighted by Gasteiger charge is 2.14. The molecule has 1 rings (SSSR count). The summed E-state index contributed by atoms with van der Waals surface area (Å²) >= 11 is 0. The van der Waals surface area contributed by atoms with E-state index in [1.54, 1.807) is 6.33 Å². The van der Waals surface area contributed by atoms with Crippen LogP contribution in [0.2, 0.25) is 0 Å². The highest BCUT2D eigenvalue weighted by molar-refractivity contribution is 5.48. The highest BCUT2D eigenvalue weighted by atomic mass is 15.2. The molecule has 0 aromatic carbocycles. The second-order valence-electron chi connectivity index (χ2n) is 5.71. The van der Waals surface area contributed by atoms with Crippen molar-refractivity contribution in [2.75, 3.05) is 43.9 Å². The number of anilines is 2. The van der Waals surface area contributed by atoms with E-state index in [4.69, 9.17) is 0 Å². The summed E-state index contributed by atoms with van der Waals surface area (Å²) in [5.74, 6) is 1.82. The summed E-state index contributed by atoms with van der Waals surface area (Å²) in [5.41, 5.74) is 0.249. The number of hydrogen-bond acceptors (Lipinski definition) is 5. The molecule has 1 aromatic rings. The monoisotopic (exact) mass is 251 g/mol. The number of aromatic nitrogens is 2. The van der Waals surface area contributed by atoms with Crippen LogP contribution in [-0.4, -0.2) is 43.7 Å². The molecule has 0 aliphatic heterocycles. The fourth-order valence-electron chi connectivity index (χ4n) is 1.76. The van der Waals surface area contributed by atoms with Crippen LogP contribution in [-0.2, 0) is 0 Å². The van der Waals surface area contributed by atoms with Crippen molar-refractivity contribution in [1.29, 1.82) is 0 Å². The molecule has 0 bridgehead atoms. The van der Waals surface area contributed by atoms with Gasteiger partial charge in [0.1, 0.15) is 18.0 Å². The van der Waals surface area contributed by atoms with Crippen LogP contribution in [0.15, 0.2) is 12.4 Å². The summed E-state index contributed by atoms with van der Waals surface area (Å²) < 4.78 is 0. The molecule has 102 valence electrons. The highest BCUT2D eigenvalue weighted by Crippen LogP contribution is 2.19. The predicted molar refractivity (Wildman–Crippen MR) is 77.2 cm³/mol. The third-order valence-corrected chi connectivity index (χ3v) is 2.44. The lowest BCUT2D eigenvalue weighted by Crippen LogP contribution is -2.29. The quantitative estimate of drug-likeness (QED) is 0.752. The summed E-state index contributed by atoms with van der Waals surface area (Å²) in [6, 6.07) is 1.99. The molecule has 5 nitrogen and oxygen atoms in total. The SMILES string of the molecule is CNCCNc1cc(N(C)CC(C)(C)C)ncn1. The Balaban J connectivity index is 2.63. The van der Waals surface area contributed by atoms with Gasteiger partial charge in [0, 0.05) is 32.7 Å². The normalized spacial score (nSPS) is 11.4. The molecule has 0 fully saturated rings. The van der Waals surface area contributed by atoms with E-state index in [1.807, 2.05) is 13.1 Å². The van der Waals surface area contributed by atoms with E-state index in [0.717, 1.165) is 31.3 Å². The summed E-state index contributed by atoms with van der Waals surface area (Å²) in [6.07, 6.45) is 1.61. The minimum absolute atomic E-state index is 0.249. The Morgan fingerprint density at radius 2 is 1.94 bits per heavy atom. The van der Waals surface area contributed by atoms with Crippen LogP contribution in [0.4, 0.5) is 11.6 Å². The van der Waals surface area contributed by atoms with Crippen molar-refractivity contribution in [3.8, 4) is 0 Å². The topological polar surface area (TPSA) is 53.1 Å². The van der Waals surface area contributed by atoms with Crippen molar-refractivity contribution in [3.63, 3.8) is 0 Å². The Labute approximate surface area is 110 Å². The molecule has 2 N–H and O–H groups in total. The second kappa shape index (κ2) is 6.54. The molecule has 18 heavy (non-hydrogen) atoms. The molecule has 0 unspecified atom stereocenters. The van der Waals surface area contributed by atoms with Crippen LogP contribution in [0, 0.1) is 5.41 Å². The standard InChI is InChI=1S/C13H25N5/c1-13(2,3)9-18(5)12-8-11(16-10-17-12)15-7-6-14-4/h8,10,14H,6-7,9H2,1-5H3,(H,15,16,17). The molecule has 5 heteroatoms. The summed E-state index contributed by atoms with van der Waals surface area (Å²) in [5, 5.41) is 6.35. The van der Waals surface area contributed by atoms with Crippen molar-refractivity contribution in [1.82, 2.24) is 15.3 Å². The summed E-state index contributed by atoms with van der Waals surface area (Å²) in [6.45, 7) is 9.39. The number of likely N-dealkylation sites (N-methyl/N-ethyl adjacent to an activating group) is 1. The first-order chi connectivity index (χ1) is 8.42. The van der Waals surface area contributed by atoms with Crippen LogP contribution in [0.5, 0.6) is 0 Å². The van der Waals surface area contributed by atoms with E-state index in [9.17, 15) is 0 Å². The first-order valence-corrected chi connectivity index (χ1v) is 6.34. The average molecular weight is 251 g/mol. The first kappa shape index (κ1) is 14.7. The van der Waals surface area contributed by atoms with E-state index in [1.165, 1.54) is 0 Å². The van der Waals surface area contributed by atoms with E-state index < -0.39 is 0 Å².